The summed E-state index contributed by atoms with van der Waals surface area (Å²) in [6, 6.07) is 3.55. The Kier molecular flexibility index (Phi) is 5.93. The van der Waals surface area contributed by atoms with Gasteiger partial charge in [-0.3, -0.25) is 0 Å². The molecule has 1 aromatic carbocycles. The van der Waals surface area contributed by atoms with Crippen molar-refractivity contribution < 1.29 is 13.2 Å². The van der Waals surface area contributed by atoms with Gasteiger partial charge in [0.25, 0.3) is 0 Å². The summed E-state index contributed by atoms with van der Waals surface area (Å²) in [5, 5.41) is 3.27. The molecule has 1 aliphatic rings. The third-order valence-corrected chi connectivity index (χ3v) is 4.60. The van der Waals surface area contributed by atoms with E-state index in [1.54, 1.807) is 0 Å². The smallest absolute Gasteiger partial charge is 0.216 e. The monoisotopic (exact) mass is 377 g/mol. The normalized spacial score (nSPS) is 15.4. The Bertz CT molecular complexity index is 793. The van der Waals surface area contributed by atoms with Crippen LogP contribution < -0.4 is 10.2 Å². The van der Waals surface area contributed by atoms with E-state index >= 15 is 0 Å². The minimum atomic E-state index is -0.430. The molecule has 0 amide bonds. The van der Waals surface area contributed by atoms with Gasteiger partial charge in [0.1, 0.15) is 23.9 Å². The molecule has 0 radical (unpaired) electrons. The van der Waals surface area contributed by atoms with Crippen molar-refractivity contribution in [1.82, 2.24) is 15.2 Å². The molecule has 2 heterocycles. The second kappa shape index (κ2) is 8.37. The molecule has 0 unspecified atom stereocenters. The van der Waals surface area contributed by atoms with Crippen molar-refractivity contribution in [3.05, 3.63) is 47.2 Å². The fourth-order valence-electron chi connectivity index (χ4n) is 3.06. The molecule has 27 heavy (non-hydrogen) atoms. The number of anilines is 1. The first-order valence-corrected chi connectivity index (χ1v) is 9.14. The van der Waals surface area contributed by atoms with E-state index in [0.29, 0.717) is 44.3 Å². The molecule has 6 nitrogen and oxygen atoms in total. The zero-order valence-corrected chi connectivity index (χ0v) is 15.9. The number of hydrogen-bond donors (Lipinski definition) is 1. The van der Waals surface area contributed by atoms with E-state index in [-0.39, 0.29) is 0 Å². The third-order valence-electron chi connectivity index (χ3n) is 4.60. The van der Waals surface area contributed by atoms with Crippen LogP contribution in [-0.4, -0.2) is 48.6 Å². The van der Waals surface area contributed by atoms with Crippen LogP contribution in [0, 0.1) is 25.5 Å². The highest BCUT2D eigenvalue weighted by Gasteiger charge is 2.22. The van der Waals surface area contributed by atoms with E-state index in [9.17, 15) is 8.78 Å². The highest BCUT2D eigenvalue weighted by molar-refractivity contribution is 5.80. The summed E-state index contributed by atoms with van der Waals surface area (Å²) in [7, 11) is 0. The zero-order chi connectivity index (χ0) is 19.4. The SMILES string of the molecule is CCNC(=NCc1nc(C)c(C)o1)N1CCN(c2cc(F)ccc2F)CC1. The van der Waals surface area contributed by atoms with Crippen molar-refractivity contribution in [2.45, 2.75) is 27.3 Å². The average Bonchev–Trinajstić information content (AvgIpc) is 2.98. The summed E-state index contributed by atoms with van der Waals surface area (Å²) in [4.78, 5) is 12.9. The summed E-state index contributed by atoms with van der Waals surface area (Å²) in [6.45, 7) is 9.37. The summed E-state index contributed by atoms with van der Waals surface area (Å²) in [5.74, 6) is 1.32. The highest BCUT2D eigenvalue weighted by atomic mass is 19.1. The van der Waals surface area contributed by atoms with Crippen molar-refractivity contribution in [3.63, 3.8) is 0 Å². The maximum absolute atomic E-state index is 14.0. The summed E-state index contributed by atoms with van der Waals surface area (Å²) >= 11 is 0. The molecule has 1 saturated heterocycles. The number of aryl methyl sites for hydroxylation is 2. The number of guanidine groups is 1. The van der Waals surface area contributed by atoms with Gasteiger partial charge in [0.05, 0.1) is 11.4 Å². The molecule has 1 N–H and O–H groups in total. The number of aromatic nitrogens is 1. The molecule has 0 bridgehead atoms. The lowest BCUT2D eigenvalue weighted by Gasteiger charge is -2.37. The van der Waals surface area contributed by atoms with Gasteiger partial charge in [0.15, 0.2) is 5.96 Å². The van der Waals surface area contributed by atoms with Crippen LogP contribution in [0.1, 0.15) is 24.3 Å². The molecular formula is C19H25F2N5O. The maximum Gasteiger partial charge on any atom is 0.216 e. The molecule has 3 rings (SSSR count). The number of hydrogen-bond acceptors (Lipinski definition) is 4. The first-order chi connectivity index (χ1) is 13.0. The number of nitrogens with one attached hydrogen (secondary N) is 1. The number of oxazole rings is 1. The van der Waals surface area contributed by atoms with E-state index in [0.717, 1.165) is 30.0 Å². The van der Waals surface area contributed by atoms with Crippen molar-refractivity contribution in [2.24, 2.45) is 4.99 Å². The third kappa shape index (κ3) is 4.56. The molecule has 0 aliphatic carbocycles. The Balaban J connectivity index is 1.66. The van der Waals surface area contributed by atoms with Crippen LogP contribution in [0.3, 0.4) is 0 Å². The second-order valence-corrected chi connectivity index (χ2v) is 6.49. The highest BCUT2D eigenvalue weighted by Crippen LogP contribution is 2.22. The first kappa shape index (κ1) is 19.1. The maximum atomic E-state index is 14.0. The van der Waals surface area contributed by atoms with Gasteiger partial charge in [0.2, 0.25) is 5.89 Å². The Hall–Kier alpha value is -2.64. The van der Waals surface area contributed by atoms with Crippen molar-refractivity contribution >= 4 is 11.6 Å². The molecule has 8 heteroatoms. The topological polar surface area (TPSA) is 56.9 Å². The van der Waals surface area contributed by atoms with Crippen LogP contribution in [0.25, 0.3) is 0 Å². The lowest BCUT2D eigenvalue weighted by molar-refractivity contribution is 0.369. The van der Waals surface area contributed by atoms with Crippen molar-refractivity contribution in [2.75, 3.05) is 37.6 Å². The molecule has 1 aromatic heterocycles. The van der Waals surface area contributed by atoms with E-state index in [1.165, 1.54) is 12.1 Å². The van der Waals surface area contributed by atoms with Crippen LogP contribution in [0.2, 0.25) is 0 Å². The quantitative estimate of drug-likeness (QED) is 0.656. The summed E-state index contributed by atoms with van der Waals surface area (Å²) in [6.07, 6.45) is 0. The lowest BCUT2D eigenvalue weighted by Crippen LogP contribution is -2.52. The number of piperazine rings is 1. The van der Waals surface area contributed by atoms with Gasteiger partial charge in [-0.2, -0.15) is 0 Å². The van der Waals surface area contributed by atoms with E-state index in [4.69, 9.17) is 4.42 Å². The molecule has 2 aromatic rings. The Morgan fingerprint density at radius 3 is 2.59 bits per heavy atom. The molecular weight excluding hydrogens is 352 g/mol. The number of benzene rings is 1. The largest absolute Gasteiger partial charge is 0.444 e. The Labute approximate surface area is 157 Å². The number of aliphatic imine (C=N–C) groups is 1. The lowest BCUT2D eigenvalue weighted by atomic mass is 10.2. The minimum absolute atomic E-state index is 0.308. The fraction of sp³-hybridized carbons (Fsp3) is 0.474. The standard InChI is InChI=1S/C19H25F2N5O/c1-4-22-19(23-12-18-24-13(2)14(3)27-18)26-9-7-25(8-10-26)17-11-15(20)5-6-16(17)21/h5-6,11H,4,7-10,12H2,1-3H3,(H,22,23). The second-order valence-electron chi connectivity index (χ2n) is 6.49. The fourth-order valence-corrected chi connectivity index (χ4v) is 3.06. The number of rotatable bonds is 4. The van der Waals surface area contributed by atoms with Gasteiger partial charge < -0.3 is 19.5 Å². The van der Waals surface area contributed by atoms with Crippen LogP contribution in [0.5, 0.6) is 0 Å². The van der Waals surface area contributed by atoms with Gasteiger partial charge >= 0.3 is 0 Å². The van der Waals surface area contributed by atoms with Crippen LogP contribution >= 0.6 is 0 Å². The molecule has 1 aliphatic heterocycles. The Morgan fingerprint density at radius 2 is 1.96 bits per heavy atom. The molecule has 146 valence electrons. The summed E-state index contributed by atoms with van der Waals surface area (Å²) in [5.41, 5.74) is 1.18. The minimum Gasteiger partial charge on any atom is -0.444 e. The molecule has 0 atom stereocenters. The van der Waals surface area contributed by atoms with Gasteiger partial charge in [-0.1, -0.05) is 0 Å². The van der Waals surface area contributed by atoms with Crippen molar-refractivity contribution in [1.29, 1.82) is 0 Å². The molecule has 1 fully saturated rings. The van der Waals surface area contributed by atoms with E-state index in [1.807, 2.05) is 25.7 Å². The predicted molar refractivity (Wildman–Crippen MR) is 101 cm³/mol. The van der Waals surface area contributed by atoms with E-state index < -0.39 is 11.6 Å². The van der Waals surface area contributed by atoms with Gasteiger partial charge in [-0.15, -0.1) is 0 Å². The van der Waals surface area contributed by atoms with Crippen LogP contribution in [-0.2, 0) is 6.54 Å². The first-order valence-electron chi connectivity index (χ1n) is 9.14. The van der Waals surface area contributed by atoms with Gasteiger partial charge in [-0.25, -0.2) is 18.8 Å². The van der Waals surface area contributed by atoms with Gasteiger partial charge in [0, 0.05) is 38.8 Å². The van der Waals surface area contributed by atoms with Gasteiger partial charge in [-0.05, 0) is 32.9 Å². The van der Waals surface area contributed by atoms with E-state index in [2.05, 4.69) is 20.2 Å². The van der Waals surface area contributed by atoms with Crippen LogP contribution in [0.4, 0.5) is 14.5 Å². The van der Waals surface area contributed by atoms with Crippen molar-refractivity contribution in [3.8, 4) is 0 Å². The number of nitrogens with zero attached hydrogens (tertiary/aromatic N) is 4. The van der Waals surface area contributed by atoms with Crippen LogP contribution in [0.15, 0.2) is 27.6 Å². The molecule has 0 saturated carbocycles. The molecule has 0 spiro atoms. The summed E-state index contributed by atoms with van der Waals surface area (Å²) < 4.78 is 33.0. The predicted octanol–water partition coefficient (Wildman–Crippen LogP) is 2.86. The average molecular weight is 377 g/mol. The zero-order valence-electron chi connectivity index (χ0n) is 15.9. The Morgan fingerprint density at radius 1 is 1.22 bits per heavy atom. The number of halogens is 2.